The van der Waals surface area contributed by atoms with Gasteiger partial charge in [-0.05, 0) is 5.56 Å². The summed E-state index contributed by atoms with van der Waals surface area (Å²) in [6.45, 7) is 0.0288. The lowest BCUT2D eigenvalue weighted by molar-refractivity contribution is -0.0511. The summed E-state index contributed by atoms with van der Waals surface area (Å²) in [5.41, 5.74) is 2.00. The standard InChI is InChI=1S/C18H20N4O5/c23-8-12-14(24)15(25)18(27-12)22-10-21-13-16(22)19-9-20-17(13)26-7-6-11-4-2-1-3-5-11/h1-5,9-10,12,14-15,18,23-25H,6-8H2/t12-,14-,15-,18-/m1/s1. The molecule has 1 aliphatic heterocycles. The molecule has 142 valence electrons. The third-order valence-corrected chi connectivity index (χ3v) is 4.59. The fourth-order valence-electron chi connectivity index (χ4n) is 3.14. The summed E-state index contributed by atoms with van der Waals surface area (Å²) >= 11 is 0. The summed E-state index contributed by atoms with van der Waals surface area (Å²) < 4.78 is 12.8. The smallest absolute Gasteiger partial charge is 0.245 e. The van der Waals surface area contributed by atoms with E-state index in [0.717, 1.165) is 12.0 Å². The zero-order valence-electron chi connectivity index (χ0n) is 14.4. The maximum absolute atomic E-state index is 10.2. The quantitative estimate of drug-likeness (QED) is 0.555. The van der Waals surface area contributed by atoms with E-state index in [0.29, 0.717) is 23.7 Å². The number of ether oxygens (including phenoxy) is 2. The van der Waals surface area contributed by atoms with Crippen molar-refractivity contribution in [2.75, 3.05) is 13.2 Å². The fraction of sp³-hybridized carbons (Fsp3) is 0.389. The monoisotopic (exact) mass is 372 g/mol. The predicted octanol–water partition coefficient (Wildman–Crippen LogP) is 0.0593. The first kappa shape index (κ1) is 17.8. The van der Waals surface area contributed by atoms with Gasteiger partial charge in [0.05, 0.1) is 19.5 Å². The first-order chi connectivity index (χ1) is 13.2. The Morgan fingerprint density at radius 2 is 1.89 bits per heavy atom. The lowest BCUT2D eigenvalue weighted by Crippen LogP contribution is -2.33. The van der Waals surface area contributed by atoms with Crippen molar-refractivity contribution in [2.45, 2.75) is 31.0 Å². The van der Waals surface area contributed by atoms with E-state index in [1.807, 2.05) is 30.3 Å². The van der Waals surface area contributed by atoms with Crippen LogP contribution in [0, 0.1) is 0 Å². The lowest BCUT2D eigenvalue weighted by atomic mass is 10.1. The maximum Gasteiger partial charge on any atom is 0.245 e. The zero-order valence-corrected chi connectivity index (χ0v) is 14.4. The fourth-order valence-corrected chi connectivity index (χ4v) is 3.14. The van der Waals surface area contributed by atoms with Gasteiger partial charge in [-0.3, -0.25) is 4.57 Å². The molecule has 1 aliphatic rings. The Bertz CT molecular complexity index is 903. The van der Waals surface area contributed by atoms with Crippen LogP contribution in [0.1, 0.15) is 11.8 Å². The van der Waals surface area contributed by atoms with Gasteiger partial charge in [0.15, 0.2) is 17.4 Å². The molecule has 9 nitrogen and oxygen atoms in total. The number of rotatable bonds is 6. The molecule has 3 heterocycles. The van der Waals surface area contributed by atoms with Gasteiger partial charge in [-0.25, -0.2) is 9.97 Å². The van der Waals surface area contributed by atoms with E-state index in [4.69, 9.17) is 9.47 Å². The van der Waals surface area contributed by atoms with Crippen molar-refractivity contribution in [3.8, 4) is 5.88 Å². The molecule has 1 fully saturated rings. The van der Waals surface area contributed by atoms with Crippen molar-refractivity contribution in [2.24, 2.45) is 0 Å². The number of imidazole rings is 1. The maximum atomic E-state index is 10.2. The van der Waals surface area contributed by atoms with Gasteiger partial charge in [0.2, 0.25) is 5.88 Å². The van der Waals surface area contributed by atoms with E-state index >= 15 is 0 Å². The van der Waals surface area contributed by atoms with Crippen LogP contribution in [-0.2, 0) is 11.2 Å². The second-order valence-electron chi connectivity index (χ2n) is 6.32. The van der Waals surface area contributed by atoms with E-state index in [9.17, 15) is 15.3 Å². The molecule has 0 aliphatic carbocycles. The van der Waals surface area contributed by atoms with Crippen molar-refractivity contribution in [1.29, 1.82) is 0 Å². The minimum Gasteiger partial charge on any atom is -0.476 e. The van der Waals surface area contributed by atoms with Gasteiger partial charge < -0.3 is 24.8 Å². The number of fused-ring (bicyclic) bond motifs is 1. The van der Waals surface area contributed by atoms with Crippen LogP contribution in [0.2, 0.25) is 0 Å². The Morgan fingerprint density at radius 3 is 2.63 bits per heavy atom. The largest absolute Gasteiger partial charge is 0.476 e. The van der Waals surface area contributed by atoms with Gasteiger partial charge in [0.1, 0.15) is 24.6 Å². The summed E-state index contributed by atoms with van der Waals surface area (Å²) in [4.78, 5) is 12.6. The lowest BCUT2D eigenvalue weighted by Gasteiger charge is -2.16. The molecule has 1 aromatic carbocycles. The third-order valence-electron chi connectivity index (χ3n) is 4.59. The van der Waals surface area contributed by atoms with E-state index in [-0.39, 0.29) is 0 Å². The molecule has 9 heteroatoms. The number of nitrogens with zero attached hydrogens (tertiary/aromatic N) is 4. The molecule has 0 unspecified atom stereocenters. The van der Waals surface area contributed by atoms with Gasteiger partial charge in [0, 0.05) is 6.42 Å². The van der Waals surface area contributed by atoms with Crippen molar-refractivity contribution in [1.82, 2.24) is 19.5 Å². The molecule has 4 rings (SSSR count). The minimum atomic E-state index is -1.21. The highest BCUT2D eigenvalue weighted by atomic mass is 16.6. The normalized spacial score (nSPS) is 25.1. The molecule has 1 saturated heterocycles. The predicted molar refractivity (Wildman–Crippen MR) is 94.0 cm³/mol. The summed E-state index contributed by atoms with van der Waals surface area (Å²) in [7, 11) is 0. The molecule has 0 amide bonds. The molecule has 27 heavy (non-hydrogen) atoms. The second kappa shape index (κ2) is 7.57. The van der Waals surface area contributed by atoms with Crippen molar-refractivity contribution >= 4 is 11.2 Å². The molecule has 3 N–H and O–H groups in total. The Kier molecular flexibility index (Phi) is 4.99. The highest BCUT2D eigenvalue weighted by Crippen LogP contribution is 2.32. The van der Waals surface area contributed by atoms with Gasteiger partial charge in [-0.2, -0.15) is 4.98 Å². The molecule has 0 saturated carbocycles. The number of aromatic nitrogens is 4. The summed E-state index contributed by atoms with van der Waals surface area (Å²) in [5, 5.41) is 29.4. The average molecular weight is 372 g/mol. The SMILES string of the molecule is OC[C@H]1O[C@@H](n2cnc3c(OCCc4ccccc4)ncnc32)[C@H](O)[C@@H]1O. The van der Waals surface area contributed by atoms with Gasteiger partial charge in [-0.15, -0.1) is 0 Å². The molecule has 3 aromatic rings. The highest BCUT2D eigenvalue weighted by molar-refractivity contribution is 5.76. The van der Waals surface area contributed by atoms with Gasteiger partial charge in [-0.1, -0.05) is 30.3 Å². The van der Waals surface area contributed by atoms with Gasteiger partial charge in [0.25, 0.3) is 0 Å². The summed E-state index contributed by atoms with van der Waals surface area (Å²) in [6, 6.07) is 9.95. The average Bonchev–Trinajstić information content (AvgIpc) is 3.25. The number of hydrogen-bond donors (Lipinski definition) is 3. The molecule has 0 spiro atoms. The summed E-state index contributed by atoms with van der Waals surface area (Å²) in [6.07, 6.45) is -0.663. The number of benzene rings is 1. The van der Waals surface area contributed by atoms with Crippen LogP contribution < -0.4 is 4.74 Å². The van der Waals surface area contributed by atoms with Crippen LogP contribution in [0.3, 0.4) is 0 Å². The Balaban J connectivity index is 1.53. The van der Waals surface area contributed by atoms with Gasteiger partial charge >= 0.3 is 0 Å². The van der Waals surface area contributed by atoms with Crippen molar-refractivity contribution in [3.63, 3.8) is 0 Å². The molecule has 0 radical (unpaired) electrons. The van der Waals surface area contributed by atoms with Crippen LogP contribution in [-0.4, -0.2) is 66.4 Å². The molecule has 2 aromatic heterocycles. The van der Waals surface area contributed by atoms with Crippen LogP contribution in [0.25, 0.3) is 11.2 Å². The van der Waals surface area contributed by atoms with Crippen LogP contribution >= 0.6 is 0 Å². The first-order valence-electron chi connectivity index (χ1n) is 8.65. The molecular weight excluding hydrogens is 352 g/mol. The molecular formula is C18H20N4O5. The van der Waals surface area contributed by atoms with Crippen LogP contribution in [0.5, 0.6) is 5.88 Å². The highest BCUT2D eigenvalue weighted by Gasteiger charge is 2.44. The number of aliphatic hydroxyl groups is 3. The minimum absolute atomic E-state index is 0.335. The van der Waals surface area contributed by atoms with Crippen molar-refractivity contribution in [3.05, 3.63) is 48.5 Å². The third kappa shape index (κ3) is 3.37. The number of aliphatic hydroxyl groups excluding tert-OH is 3. The van der Waals surface area contributed by atoms with Crippen LogP contribution in [0.4, 0.5) is 0 Å². The molecule has 0 bridgehead atoms. The first-order valence-corrected chi connectivity index (χ1v) is 8.65. The Morgan fingerprint density at radius 1 is 1.07 bits per heavy atom. The van der Waals surface area contributed by atoms with E-state index in [1.54, 1.807) is 0 Å². The number of hydrogen-bond acceptors (Lipinski definition) is 8. The van der Waals surface area contributed by atoms with E-state index in [2.05, 4.69) is 15.0 Å². The summed E-state index contributed by atoms with van der Waals surface area (Å²) in [5.74, 6) is 0.335. The van der Waals surface area contributed by atoms with E-state index in [1.165, 1.54) is 17.2 Å². The molecule has 4 atom stereocenters. The second-order valence-corrected chi connectivity index (χ2v) is 6.32. The Labute approximate surface area is 154 Å². The topological polar surface area (TPSA) is 123 Å². The van der Waals surface area contributed by atoms with E-state index < -0.39 is 31.1 Å². The zero-order chi connectivity index (χ0) is 18.8. The Hall–Kier alpha value is -2.59. The van der Waals surface area contributed by atoms with Crippen LogP contribution in [0.15, 0.2) is 43.0 Å². The van der Waals surface area contributed by atoms with Crippen molar-refractivity contribution < 1.29 is 24.8 Å².